The molecule has 0 heterocycles. The minimum absolute atomic E-state index is 0.00619. The van der Waals surface area contributed by atoms with E-state index < -0.39 is 10.0 Å². The van der Waals surface area contributed by atoms with Crippen LogP contribution in [0.15, 0.2) is 29.2 Å². The summed E-state index contributed by atoms with van der Waals surface area (Å²) < 4.78 is 32.5. The summed E-state index contributed by atoms with van der Waals surface area (Å²) in [7, 11) is -1.93. The Morgan fingerprint density at radius 2 is 2.14 bits per heavy atom. The molecule has 21 heavy (non-hydrogen) atoms. The molecule has 0 aliphatic heterocycles. The number of benzene rings is 1. The smallest absolute Gasteiger partial charge is 0.243 e. The van der Waals surface area contributed by atoms with Crippen molar-refractivity contribution in [2.75, 3.05) is 20.3 Å². The van der Waals surface area contributed by atoms with Crippen LogP contribution in [-0.2, 0) is 21.3 Å². The zero-order chi connectivity index (χ0) is 15.5. The first-order chi connectivity index (χ1) is 10.0. The Balaban J connectivity index is 2.30. The molecular weight excluding hydrogens is 288 g/mol. The molecule has 1 aliphatic carbocycles. The summed E-state index contributed by atoms with van der Waals surface area (Å²) in [5.74, 6) is 0.467. The Labute approximate surface area is 127 Å². The summed E-state index contributed by atoms with van der Waals surface area (Å²) in [6.45, 7) is 3.09. The van der Waals surface area contributed by atoms with E-state index in [9.17, 15) is 8.42 Å². The Kier molecular flexibility index (Phi) is 5.37. The highest BCUT2D eigenvalue weighted by Crippen LogP contribution is 2.37. The van der Waals surface area contributed by atoms with E-state index in [0.29, 0.717) is 30.5 Å². The zero-order valence-electron chi connectivity index (χ0n) is 12.7. The van der Waals surface area contributed by atoms with Gasteiger partial charge in [-0.3, -0.25) is 0 Å². The van der Waals surface area contributed by atoms with Crippen LogP contribution in [-0.4, -0.2) is 39.0 Å². The maximum absolute atomic E-state index is 12.9. The molecule has 0 bridgehead atoms. The molecule has 118 valence electrons. The molecule has 0 radical (unpaired) electrons. The summed E-state index contributed by atoms with van der Waals surface area (Å²) in [6.07, 6.45) is 2.20. The fraction of sp³-hybridized carbons (Fsp3) is 0.600. The Bertz CT molecular complexity index is 570. The Hall–Kier alpha value is -0.950. The third-order valence-corrected chi connectivity index (χ3v) is 6.00. The molecule has 5 nitrogen and oxygen atoms in total. The summed E-state index contributed by atoms with van der Waals surface area (Å²) in [4.78, 5) is 0.314. The van der Waals surface area contributed by atoms with Crippen molar-refractivity contribution in [2.24, 2.45) is 11.7 Å². The van der Waals surface area contributed by atoms with Gasteiger partial charge in [0.15, 0.2) is 0 Å². The molecule has 1 unspecified atom stereocenters. The predicted molar refractivity (Wildman–Crippen MR) is 82.3 cm³/mol. The fourth-order valence-electron chi connectivity index (χ4n) is 2.51. The molecule has 6 heteroatoms. The van der Waals surface area contributed by atoms with Crippen LogP contribution in [0.5, 0.6) is 0 Å². The second-order valence-electron chi connectivity index (χ2n) is 5.54. The van der Waals surface area contributed by atoms with Crippen molar-refractivity contribution in [3.05, 3.63) is 29.8 Å². The van der Waals surface area contributed by atoms with E-state index in [1.807, 2.05) is 13.0 Å². The van der Waals surface area contributed by atoms with Crippen molar-refractivity contribution in [3.8, 4) is 0 Å². The van der Waals surface area contributed by atoms with Gasteiger partial charge in [-0.25, -0.2) is 8.42 Å². The maximum Gasteiger partial charge on any atom is 0.243 e. The van der Waals surface area contributed by atoms with E-state index in [4.69, 9.17) is 10.5 Å². The van der Waals surface area contributed by atoms with Gasteiger partial charge in [0.25, 0.3) is 0 Å². The number of nitrogens with zero attached hydrogens (tertiary/aromatic N) is 1. The van der Waals surface area contributed by atoms with Crippen LogP contribution in [0, 0.1) is 5.92 Å². The lowest BCUT2D eigenvalue weighted by molar-refractivity contribution is 0.164. The number of hydrogen-bond donors (Lipinski definition) is 1. The normalized spacial score (nSPS) is 17.1. The molecule has 1 atom stereocenters. The van der Waals surface area contributed by atoms with Crippen LogP contribution in [0.1, 0.15) is 25.3 Å². The highest BCUT2D eigenvalue weighted by molar-refractivity contribution is 7.89. The number of rotatable bonds is 8. The van der Waals surface area contributed by atoms with Crippen molar-refractivity contribution in [2.45, 2.75) is 37.2 Å². The van der Waals surface area contributed by atoms with Crippen LogP contribution in [0.4, 0.5) is 0 Å². The molecule has 2 N–H and O–H groups in total. The first-order valence-corrected chi connectivity index (χ1v) is 8.74. The van der Waals surface area contributed by atoms with Crippen LogP contribution in [0.3, 0.4) is 0 Å². The topological polar surface area (TPSA) is 72.6 Å². The number of hydrogen-bond acceptors (Lipinski definition) is 4. The van der Waals surface area contributed by atoms with Gasteiger partial charge in [-0.2, -0.15) is 4.31 Å². The monoisotopic (exact) mass is 312 g/mol. The standard InChI is InChI=1S/C15H24N2O3S/c1-12(14-6-7-14)17(8-9-20-2)21(18,19)15-5-3-4-13(10-15)11-16/h3-5,10,12,14H,6-9,11,16H2,1-2H3. The summed E-state index contributed by atoms with van der Waals surface area (Å²) >= 11 is 0. The van der Waals surface area contributed by atoms with Crippen LogP contribution in [0.2, 0.25) is 0 Å². The van der Waals surface area contributed by atoms with Crippen molar-refractivity contribution < 1.29 is 13.2 Å². The number of ether oxygens (including phenoxy) is 1. The quantitative estimate of drug-likeness (QED) is 0.791. The fourth-order valence-corrected chi connectivity index (χ4v) is 4.25. The summed E-state index contributed by atoms with van der Waals surface area (Å²) in [5, 5.41) is 0. The van der Waals surface area contributed by atoms with E-state index in [0.717, 1.165) is 18.4 Å². The minimum atomic E-state index is -3.51. The first-order valence-electron chi connectivity index (χ1n) is 7.30. The minimum Gasteiger partial charge on any atom is -0.383 e. The summed E-state index contributed by atoms with van der Waals surface area (Å²) in [5.41, 5.74) is 6.43. The second-order valence-corrected chi connectivity index (χ2v) is 7.43. The third kappa shape index (κ3) is 3.83. The number of sulfonamides is 1. The lowest BCUT2D eigenvalue weighted by atomic mass is 10.2. The molecule has 1 saturated carbocycles. The Morgan fingerprint density at radius 3 is 2.71 bits per heavy atom. The van der Waals surface area contributed by atoms with Gasteiger partial charge in [0.1, 0.15) is 0 Å². The van der Waals surface area contributed by atoms with E-state index >= 15 is 0 Å². The molecule has 1 fully saturated rings. The molecule has 0 aromatic heterocycles. The lowest BCUT2D eigenvalue weighted by Gasteiger charge is -2.28. The highest BCUT2D eigenvalue weighted by Gasteiger charge is 2.38. The largest absolute Gasteiger partial charge is 0.383 e. The van der Waals surface area contributed by atoms with Gasteiger partial charge < -0.3 is 10.5 Å². The number of methoxy groups -OCH3 is 1. The molecule has 0 spiro atoms. The van der Waals surface area contributed by atoms with E-state index in [1.54, 1.807) is 29.6 Å². The van der Waals surface area contributed by atoms with Crippen molar-refractivity contribution in [1.29, 1.82) is 0 Å². The van der Waals surface area contributed by atoms with Crippen molar-refractivity contribution in [1.82, 2.24) is 4.31 Å². The van der Waals surface area contributed by atoms with Gasteiger partial charge in [0, 0.05) is 26.2 Å². The molecule has 1 aliphatic rings. The van der Waals surface area contributed by atoms with E-state index in [2.05, 4.69) is 0 Å². The van der Waals surface area contributed by atoms with Gasteiger partial charge in [0.05, 0.1) is 11.5 Å². The second kappa shape index (κ2) is 6.87. The Morgan fingerprint density at radius 1 is 1.43 bits per heavy atom. The van der Waals surface area contributed by atoms with E-state index in [-0.39, 0.29) is 6.04 Å². The SMILES string of the molecule is COCCN(C(C)C1CC1)S(=O)(=O)c1cccc(CN)c1. The third-order valence-electron chi connectivity index (χ3n) is 4.02. The van der Waals surface area contributed by atoms with Gasteiger partial charge in [0.2, 0.25) is 10.0 Å². The predicted octanol–water partition coefficient (Wildman–Crippen LogP) is 1.58. The lowest BCUT2D eigenvalue weighted by Crippen LogP contribution is -2.41. The van der Waals surface area contributed by atoms with Gasteiger partial charge in [-0.05, 0) is 43.4 Å². The van der Waals surface area contributed by atoms with Gasteiger partial charge >= 0.3 is 0 Å². The van der Waals surface area contributed by atoms with Crippen LogP contribution >= 0.6 is 0 Å². The zero-order valence-corrected chi connectivity index (χ0v) is 13.5. The van der Waals surface area contributed by atoms with Crippen LogP contribution in [0.25, 0.3) is 0 Å². The average molecular weight is 312 g/mol. The van der Waals surface area contributed by atoms with Gasteiger partial charge in [-0.1, -0.05) is 12.1 Å². The molecule has 1 aromatic carbocycles. The highest BCUT2D eigenvalue weighted by atomic mass is 32.2. The van der Waals surface area contributed by atoms with E-state index in [1.165, 1.54) is 0 Å². The first kappa shape index (κ1) is 16.4. The van der Waals surface area contributed by atoms with Crippen molar-refractivity contribution in [3.63, 3.8) is 0 Å². The molecule has 0 saturated heterocycles. The van der Waals surface area contributed by atoms with Crippen molar-refractivity contribution >= 4 is 10.0 Å². The van der Waals surface area contributed by atoms with Gasteiger partial charge in [-0.15, -0.1) is 0 Å². The summed E-state index contributed by atoms with van der Waals surface area (Å²) in [6, 6.07) is 6.88. The molecular formula is C15H24N2O3S. The number of nitrogens with two attached hydrogens (primary N) is 1. The van der Waals surface area contributed by atoms with Crippen LogP contribution < -0.4 is 5.73 Å². The average Bonchev–Trinajstić information content (AvgIpc) is 3.32. The maximum atomic E-state index is 12.9. The molecule has 1 aromatic rings. The molecule has 2 rings (SSSR count). The molecule has 0 amide bonds.